The van der Waals surface area contributed by atoms with E-state index in [1.165, 1.54) is 11.4 Å². The average molecular weight is 489 g/mol. The molecule has 0 amide bonds. The number of hydrogen-bond acceptors (Lipinski definition) is 6. The number of aryl methyl sites for hydroxylation is 1. The van der Waals surface area contributed by atoms with Crippen LogP contribution in [0.15, 0.2) is 28.3 Å². The highest BCUT2D eigenvalue weighted by atomic mass is 32.2. The second-order valence-corrected chi connectivity index (χ2v) is 10.4. The summed E-state index contributed by atoms with van der Waals surface area (Å²) in [6, 6.07) is 4.90. The maximum Gasteiger partial charge on any atom is 0.451 e. The second-order valence-electron chi connectivity index (χ2n) is 7.54. The molecule has 0 saturated carbocycles. The maximum absolute atomic E-state index is 13.0. The zero-order valence-corrected chi connectivity index (χ0v) is 19.3. The van der Waals surface area contributed by atoms with Gasteiger partial charge in [0.2, 0.25) is 15.8 Å². The van der Waals surface area contributed by atoms with Gasteiger partial charge in [-0.1, -0.05) is 18.2 Å². The van der Waals surface area contributed by atoms with Gasteiger partial charge in [0.15, 0.2) is 5.16 Å². The first-order valence-electron chi connectivity index (χ1n) is 10.2. The molecule has 2 aromatic heterocycles. The van der Waals surface area contributed by atoms with Gasteiger partial charge in [-0.2, -0.15) is 17.5 Å². The van der Waals surface area contributed by atoms with E-state index in [4.69, 9.17) is 0 Å². The van der Waals surface area contributed by atoms with E-state index in [2.05, 4.69) is 15.2 Å². The van der Waals surface area contributed by atoms with Crippen LogP contribution in [0.25, 0.3) is 11.0 Å². The largest absolute Gasteiger partial charge is 0.451 e. The molecule has 0 radical (unpaired) electrons. The number of hydrogen-bond donors (Lipinski definition) is 0. The molecular formula is C19H23F3N6O2S2. The van der Waals surface area contributed by atoms with Crippen molar-refractivity contribution in [3.63, 3.8) is 0 Å². The zero-order valence-electron chi connectivity index (χ0n) is 17.6. The fourth-order valence-corrected chi connectivity index (χ4v) is 6.25. The Hall–Kier alpha value is -2.12. The highest BCUT2D eigenvalue weighted by molar-refractivity contribution is 7.98. The quantitative estimate of drug-likeness (QED) is 0.492. The summed E-state index contributed by atoms with van der Waals surface area (Å²) in [7, 11) is -2.32. The molecular weight excluding hydrogens is 465 g/mol. The van der Waals surface area contributed by atoms with Crippen molar-refractivity contribution in [2.75, 3.05) is 13.1 Å². The lowest BCUT2D eigenvalue weighted by Gasteiger charge is -2.25. The molecule has 0 unspecified atom stereocenters. The number of benzene rings is 1. The van der Waals surface area contributed by atoms with Crippen LogP contribution < -0.4 is 0 Å². The van der Waals surface area contributed by atoms with Gasteiger partial charge in [-0.05, 0) is 38.0 Å². The van der Waals surface area contributed by atoms with Crippen LogP contribution in [0.2, 0.25) is 0 Å². The van der Waals surface area contributed by atoms with Gasteiger partial charge in [0.1, 0.15) is 5.82 Å². The standard InChI is InChI=1S/C19H23F3N6O2S2/c1-3-28-15-8-7-13(32(29,30)27-9-5-4-6-10-27)11-14(15)23-16(28)12-31-18-25-24-17(26(18)2)19(20,21)22/h7-8,11H,3-6,9-10,12H2,1-2H3. The molecule has 1 aliphatic heterocycles. The Morgan fingerprint density at radius 3 is 2.47 bits per heavy atom. The summed E-state index contributed by atoms with van der Waals surface area (Å²) in [5, 5.41) is 7.00. The summed E-state index contributed by atoms with van der Waals surface area (Å²) in [5.74, 6) is -0.172. The first-order chi connectivity index (χ1) is 15.1. The van der Waals surface area contributed by atoms with Crippen LogP contribution in [0.1, 0.15) is 37.8 Å². The number of fused-ring (bicyclic) bond motifs is 1. The number of piperidine rings is 1. The van der Waals surface area contributed by atoms with E-state index in [1.54, 1.807) is 18.2 Å². The molecule has 1 saturated heterocycles. The van der Waals surface area contributed by atoms with Gasteiger partial charge in [-0.3, -0.25) is 0 Å². The van der Waals surface area contributed by atoms with Gasteiger partial charge in [0, 0.05) is 26.7 Å². The van der Waals surface area contributed by atoms with Crippen molar-refractivity contribution in [1.82, 2.24) is 28.6 Å². The van der Waals surface area contributed by atoms with Gasteiger partial charge in [0.25, 0.3) is 0 Å². The Morgan fingerprint density at radius 2 is 1.84 bits per heavy atom. The Labute approximate surface area is 187 Å². The molecule has 0 aliphatic carbocycles. The summed E-state index contributed by atoms with van der Waals surface area (Å²) < 4.78 is 69.2. The number of aromatic nitrogens is 5. The molecule has 4 rings (SSSR count). The molecule has 13 heteroatoms. The van der Waals surface area contributed by atoms with Crippen molar-refractivity contribution in [1.29, 1.82) is 0 Å². The summed E-state index contributed by atoms with van der Waals surface area (Å²) in [6.07, 6.45) is -1.84. The Morgan fingerprint density at radius 1 is 1.12 bits per heavy atom. The lowest BCUT2D eigenvalue weighted by atomic mass is 10.2. The van der Waals surface area contributed by atoms with Crippen LogP contribution in [-0.4, -0.2) is 50.1 Å². The van der Waals surface area contributed by atoms with Crippen molar-refractivity contribution in [2.45, 2.75) is 54.7 Å². The molecule has 3 aromatic rings. The van der Waals surface area contributed by atoms with E-state index >= 15 is 0 Å². The first kappa shape index (κ1) is 23.1. The number of rotatable bonds is 6. The molecule has 0 spiro atoms. The van der Waals surface area contributed by atoms with Gasteiger partial charge in [-0.25, -0.2) is 13.4 Å². The summed E-state index contributed by atoms with van der Waals surface area (Å²) in [4.78, 5) is 4.79. The van der Waals surface area contributed by atoms with E-state index in [-0.39, 0.29) is 15.8 Å². The third kappa shape index (κ3) is 4.25. The molecule has 0 bridgehead atoms. The SMILES string of the molecule is CCn1c(CSc2nnc(C(F)(F)F)n2C)nc2cc(S(=O)(=O)N3CCCCC3)ccc21. The predicted molar refractivity (Wildman–Crippen MR) is 114 cm³/mol. The molecule has 1 fully saturated rings. The van der Waals surface area contributed by atoms with Crippen LogP contribution in [0.5, 0.6) is 0 Å². The summed E-state index contributed by atoms with van der Waals surface area (Å²) in [5.41, 5.74) is 1.31. The van der Waals surface area contributed by atoms with Crippen molar-refractivity contribution in [2.24, 2.45) is 7.05 Å². The van der Waals surface area contributed by atoms with Crippen LogP contribution >= 0.6 is 11.8 Å². The lowest BCUT2D eigenvalue weighted by Crippen LogP contribution is -2.35. The number of imidazole rings is 1. The minimum absolute atomic E-state index is 0.125. The van der Waals surface area contributed by atoms with Crippen molar-refractivity contribution >= 4 is 32.8 Å². The topological polar surface area (TPSA) is 85.9 Å². The van der Waals surface area contributed by atoms with Crippen molar-refractivity contribution in [3.05, 3.63) is 29.8 Å². The van der Waals surface area contributed by atoms with Crippen LogP contribution in [0.3, 0.4) is 0 Å². The molecule has 3 heterocycles. The number of sulfonamides is 1. The van der Waals surface area contributed by atoms with Gasteiger partial charge >= 0.3 is 6.18 Å². The molecule has 174 valence electrons. The van der Waals surface area contributed by atoms with Crippen molar-refractivity contribution in [3.8, 4) is 0 Å². The molecule has 0 atom stereocenters. The predicted octanol–water partition coefficient (Wildman–Crippen LogP) is 3.67. The average Bonchev–Trinajstić information content (AvgIpc) is 3.31. The number of thioether (sulfide) groups is 1. The highest BCUT2D eigenvalue weighted by Crippen LogP contribution is 2.31. The molecule has 8 nitrogen and oxygen atoms in total. The third-order valence-corrected chi connectivity index (χ3v) is 8.40. The van der Waals surface area contributed by atoms with Gasteiger partial charge in [0.05, 0.1) is 21.7 Å². The number of alkyl halides is 3. The maximum atomic E-state index is 13.0. The fourth-order valence-electron chi connectivity index (χ4n) is 3.85. The molecule has 0 N–H and O–H groups in total. The Kier molecular flexibility index (Phi) is 6.25. The van der Waals surface area contributed by atoms with E-state index < -0.39 is 22.0 Å². The van der Waals surface area contributed by atoms with Crippen LogP contribution in [0.4, 0.5) is 13.2 Å². The number of halogens is 3. The van der Waals surface area contributed by atoms with Crippen LogP contribution in [-0.2, 0) is 35.5 Å². The summed E-state index contributed by atoms with van der Waals surface area (Å²) in [6.45, 7) is 3.54. The minimum Gasteiger partial charge on any atom is -0.328 e. The van der Waals surface area contributed by atoms with E-state index in [1.807, 2.05) is 11.5 Å². The van der Waals surface area contributed by atoms with Gasteiger partial charge < -0.3 is 9.13 Å². The first-order valence-corrected chi connectivity index (χ1v) is 12.6. The third-order valence-electron chi connectivity index (χ3n) is 5.49. The lowest BCUT2D eigenvalue weighted by molar-refractivity contribution is -0.147. The van der Waals surface area contributed by atoms with Gasteiger partial charge in [-0.15, -0.1) is 10.2 Å². The molecule has 1 aliphatic rings. The highest BCUT2D eigenvalue weighted by Gasteiger charge is 2.37. The monoisotopic (exact) mass is 488 g/mol. The Bertz CT molecular complexity index is 1230. The number of nitrogens with zero attached hydrogens (tertiary/aromatic N) is 6. The normalized spacial score (nSPS) is 16.2. The second kappa shape index (κ2) is 8.67. The van der Waals surface area contributed by atoms with Crippen LogP contribution in [0, 0.1) is 0 Å². The fraction of sp³-hybridized carbons (Fsp3) is 0.526. The zero-order chi connectivity index (χ0) is 23.1. The Balaban J connectivity index is 1.61. The van der Waals surface area contributed by atoms with E-state index in [0.29, 0.717) is 31.0 Å². The molecule has 1 aromatic carbocycles. The van der Waals surface area contributed by atoms with Crippen molar-refractivity contribution < 1.29 is 21.6 Å². The van der Waals surface area contributed by atoms with E-state index in [0.717, 1.165) is 41.1 Å². The smallest absolute Gasteiger partial charge is 0.328 e. The van der Waals surface area contributed by atoms with E-state index in [9.17, 15) is 21.6 Å². The minimum atomic E-state index is -4.58. The molecule has 32 heavy (non-hydrogen) atoms. The summed E-state index contributed by atoms with van der Waals surface area (Å²) >= 11 is 1.09.